The Morgan fingerprint density at radius 3 is 1.96 bits per heavy atom. The van der Waals surface area contributed by atoms with E-state index in [1.54, 1.807) is 0 Å². The van der Waals surface area contributed by atoms with Crippen LogP contribution in [0.3, 0.4) is 0 Å². The van der Waals surface area contributed by atoms with Crippen molar-refractivity contribution in [3.8, 4) is 0 Å². The third-order valence-corrected chi connectivity index (χ3v) is 6.41. The monoisotopic (exact) mass is 321 g/mol. The Bertz CT molecular complexity index is 302. The Morgan fingerprint density at radius 1 is 0.739 bits per heavy atom. The summed E-state index contributed by atoms with van der Waals surface area (Å²) < 4.78 is 0. The van der Waals surface area contributed by atoms with E-state index in [4.69, 9.17) is 0 Å². The molecule has 0 bridgehead atoms. The van der Waals surface area contributed by atoms with Crippen LogP contribution in [0.4, 0.5) is 0 Å². The Balaban J connectivity index is 1.32. The first-order valence-electron chi connectivity index (χ1n) is 10.6. The summed E-state index contributed by atoms with van der Waals surface area (Å²) in [5.41, 5.74) is 0. The molecule has 2 atom stereocenters. The van der Waals surface area contributed by atoms with Crippen LogP contribution < -0.4 is 5.32 Å². The third kappa shape index (κ3) is 6.03. The second kappa shape index (κ2) is 10.0. The van der Waals surface area contributed by atoms with E-state index < -0.39 is 0 Å². The Kier molecular flexibility index (Phi) is 7.70. The fourth-order valence-electron chi connectivity index (χ4n) is 4.99. The van der Waals surface area contributed by atoms with Crippen LogP contribution in [0.1, 0.15) is 70.6 Å². The van der Waals surface area contributed by atoms with Crippen LogP contribution in [0, 0.1) is 5.92 Å². The van der Waals surface area contributed by atoms with Crippen LogP contribution in [0.15, 0.2) is 0 Å². The minimum absolute atomic E-state index is 0.834. The van der Waals surface area contributed by atoms with Crippen molar-refractivity contribution >= 4 is 0 Å². The van der Waals surface area contributed by atoms with Gasteiger partial charge >= 0.3 is 0 Å². The highest BCUT2D eigenvalue weighted by molar-refractivity contribution is 4.82. The van der Waals surface area contributed by atoms with Crippen molar-refractivity contribution in [3.05, 3.63) is 0 Å². The van der Waals surface area contributed by atoms with Crippen molar-refractivity contribution in [2.24, 2.45) is 5.92 Å². The van der Waals surface area contributed by atoms with Gasteiger partial charge < -0.3 is 15.1 Å². The van der Waals surface area contributed by atoms with Crippen LogP contribution in [0.25, 0.3) is 0 Å². The maximum Gasteiger partial charge on any atom is 0.00958 e. The second-order valence-electron chi connectivity index (χ2n) is 8.20. The number of nitrogens with one attached hydrogen (secondary N) is 1. The molecule has 0 saturated carbocycles. The second-order valence-corrected chi connectivity index (χ2v) is 8.20. The van der Waals surface area contributed by atoms with Gasteiger partial charge in [0.15, 0.2) is 0 Å². The summed E-state index contributed by atoms with van der Waals surface area (Å²) in [6.07, 6.45) is 15.8. The van der Waals surface area contributed by atoms with Crippen molar-refractivity contribution in [2.75, 3.05) is 45.8 Å². The summed E-state index contributed by atoms with van der Waals surface area (Å²) in [6.45, 7) is 9.44. The van der Waals surface area contributed by atoms with Crippen LogP contribution >= 0.6 is 0 Å². The lowest BCUT2D eigenvalue weighted by Gasteiger charge is -2.25. The Hall–Kier alpha value is -0.120. The lowest BCUT2D eigenvalue weighted by molar-refractivity contribution is 0.274. The van der Waals surface area contributed by atoms with Gasteiger partial charge in [-0.25, -0.2) is 0 Å². The predicted octanol–water partition coefficient (Wildman–Crippen LogP) is 3.50. The maximum absolute atomic E-state index is 3.79. The molecule has 3 saturated heterocycles. The smallest absolute Gasteiger partial charge is 0.00958 e. The molecule has 3 rings (SSSR count). The van der Waals surface area contributed by atoms with Crippen LogP contribution in [-0.2, 0) is 0 Å². The van der Waals surface area contributed by atoms with E-state index in [-0.39, 0.29) is 0 Å². The van der Waals surface area contributed by atoms with Crippen molar-refractivity contribution < 1.29 is 0 Å². The fourth-order valence-corrected chi connectivity index (χ4v) is 4.99. The normalized spacial score (nSPS) is 27.9. The molecule has 0 radical (unpaired) electrons. The summed E-state index contributed by atoms with van der Waals surface area (Å²) in [6, 6.07) is 0.834. The molecule has 0 spiro atoms. The number of hydrogen-bond acceptors (Lipinski definition) is 3. The van der Waals surface area contributed by atoms with Crippen molar-refractivity contribution in [1.29, 1.82) is 0 Å². The van der Waals surface area contributed by atoms with Gasteiger partial charge in [0.2, 0.25) is 0 Å². The van der Waals surface area contributed by atoms with Gasteiger partial charge in [0.25, 0.3) is 0 Å². The lowest BCUT2D eigenvalue weighted by atomic mass is 9.88. The van der Waals surface area contributed by atoms with E-state index in [1.165, 1.54) is 116 Å². The van der Waals surface area contributed by atoms with Crippen LogP contribution in [0.2, 0.25) is 0 Å². The summed E-state index contributed by atoms with van der Waals surface area (Å²) in [7, 11) is 0. The minimum Gasteiger partial charge on any atom is -0.314 e. The Morgan fingerprint density at radius 2 is 1.35 bits per heavy atom. The van der Waals surface area contributed by atoms with Gasteiger partial charge in [-0.05, 0) is 116 Å². The van der Waals surface area contributed by atoms with Gasteiger partial charge in [-0.1, -0.05) is 6.42 Å². The molecule has 0 aromatic rings. The molecule has 3 aliphatic rings. The van der Waals surface area contributed by atoms with Gasteiger partial charge in [0.1, 0.15) is 0 Å². The number of hydrogen-bond donors (Lipinski definition) is 1. The quantitative estimate of drug-likeness (QED) is 0.621. The highest BCUT2D eigenvalue weighted by Gasteiger charge is 2.24. The zero-order chi connectivity index (χ0) is 15.7. The summed E-state index contributed by atoms with van der Waals surface area (Å²) in [5, 5.41) is 3.79. The predicted molar refractivity (Wildman–Crippen MR) is 98.9 cm³/mol. The van der Waals surface area contributed by atoms with E-state index in [9.17, 15) is 0 Å². The number of nitrogens with zero attached hydrogens (tertiary/aromatic N) is 2. The molecule has 0 amide bonds. The summed E-state index contributed by atoms with van der Waals surface area (Å²) in [5.74, 6) is 0.943. The SMILES string of the molecule is C(CCN1CCCC1)CC(CCCN1CCCC1)C1CCCN1. The first-order chi connectivity index (χ1) is 11.4. The van der Waals surface area contributed by atoms with E-state index in [2.05, 4.69) is 15.1 Å². The molecular weight excluding hydrogens is 282 g/mol. The highest BCUT2D eigenvalue weighted by atomic mass is 15.1. The lowest BCUT2D eigenvalue weighted by Crippen LogP contribution is -2.31. The van der Waals surface area contributed by atoms with Gasteiger partial charge in [-0.2, -0.15) is 0 Å². The molecule has 23 heavy (non-hydrogen) atoms. The van der Waals surface area contributed by atoms with E-state index in [1.807, 2.05) is 0 Å². The largest absolute Gasteiger partial charge is 0.314 e. The molecule has 134 valence electrons. The zero-order valence-electron chi connectivity index (χ0n) is 15.3. The van der Waals surface area contributed by atoms with Crippen molar-refractivity contribution in [1.82, 2.24) is 15.1 Å². The molecule has 0 aliphatic carbocycles. The number of rotatable bonds is 10. The summed E-state index contributed by atoms with van der Waals surface area (Å²) in [4.78, 5) is 5.36. The van der Waals surface area contributed by atoms with Crippen LogP contribution in [-0.4, -0.2) is 61.7 Å². The Labute approximate surface area is 144 Å². The van der Waals surface area contributed by atoms with E-state index in [0.29, 0.717) is 0 Å². The standard InChI is InChI=1S/C20H39N3/c1(2-13-22-14-3-4-15-22)9-19(20-11-7-12-21-20)10-8-18-23-16-5-6-17-23/h19-21H,1-18H2. The molecule has 3 heterocycles. The van der Waals surface area contributed by atoms with Crippen LogP contribution in [0.5, 0.6) is 0 Å². The summed E-state index contributed by atoms with van der Waals surface area (Å²) >= 11 is 0. The molecule has 1 N–H and O–H groups in total. The van der Waals surface area contributed by atoms with E-state index >= 15 is 0 Å². The fraction of sp³-hybridized carbons (Fsp3) is 1.00. The maximum atomic E-state index is 3.79. The van der Waals surface area contributed by atoms with Crippen molar-refractivity contribution in [2.45, 2.75) is 76.7 Å². The van der Waals surface area contributed by atoms with E-state index in [0.717, 1.165) is 12.0 Å². The molecule has 0 aromatic carbocycles. The van der Waals surface area contributed by atoms with Gasteiger partial charge in [0.05, 0.1) is 0 Å². The molecule has 3 aliphatic heterocycles. The first-order valence-corrected chi connectivity index (χ1v) is 10.6. The minimum atomic E-state index is 0.834. The topological polar surface area (TPSA) is 18.5 Å². The molecule has 3 heteroatoms. The average molecular weight is 322 g/mol. The average Bonchev–Trinajstić information content (AvgIpc) is 3.33. The third-order valence-electron chi connectivity index (χ3n) is 6.41. The van der Waals surface area contributed by atoms with Gasteiger partial charge in [-0.3, -0.25) is 0 Å². The molecule has 3 fully saturated rings. The number of unbranched alkanes of at least 4 members (excludes halogenated alkanes) is 1. The molecule has 2 unspecified atom stereocenters. The molecular formula is C20H39N3. The van der Waals surface area contributed by atoms with Crippen molar-refractivity contribution in [3.63, 3.8) is 0 Å². The zero-order valence-corrected chi connectivity index (χ0v) is 15.3. The van der Waals surface area contributed by atoms with Gasteiger partial charge in [0, 0.05) is 6.04 Å². The van der Waals surface area contributed by atoms with Gasteiger partial charge in [-0.15, -0.1) is 0 Å². The molecule has 0 aromatic heterocycles. The first kappa shape index (κ1) is 17.7. The number of likely N-dealkylation sites (tertiary alicyclic amines) is 2. The molecule has 3 nitrogen and oxygen atoms in total. The highest BCUT2D eigenvalue weighted by Crippen LogP contribution is 2.25.